The second kappa shape index (κ2) is 6.66. The summed E-state index contributed by atoms with van der Waals surface area (Å²) >= 11 is 0. The van der Waals surface area contributed by atoms with Gasteiger partial charge < -0.3 is 11.5 Å². The molecule has 0 bridgehead atoms. The summed E-state index contributed by atoms with van der Waals surface area (Å²) in [5.41, 5.74) is 14.3. The van der Waals surface area contributed by atoms with Crippen molar-refractivity contribution in [3.05, 3.63) is 35.4 Å². The summed E-state index contributed by atoms with van der Waals surface area (Å²) in [7, 11) is 0. The van der Waals surface area contributed by atoms with Gasteiger partial charge in [0.2, 0.25) is 0 Å². The van der Waals surface area contributed by atoms with Crippen LogP contribution in [0.2, 0.25) is 0 Å². The highest BCUT2D eigenvalue weighted by molar-refractivity contribution is 5.26. The first-order valence-corrected chi connectivity index (χ1v) is 6.22. The van der Waals surface area contributed by atoms with E-state index in [-0.39, 0.29) is 12.1 Å². The van der Waals surface area contributed by atoms with Crippen LogP contribution in [0.5, 0.6) is 0 Å². The third-order valence-electron chi connectivity index (χ3n) is 2.84. The van der Waals surface area contributed by atoms with Crippen molar-refractivity contribution >= 4 is 0 Å². The zero-order valence-corrected chi connectivity index (χ0v) is 10.4. The maximum atomic E-state index is 6.08. The first-order valence-electron chi connectivity index (χ1n) is 6.22. The predicted molar refractivity (Wildman–Crippen MR) is 69.0 cm³/mol. The Bertz CT molecular complexity index is 282. The molecule has 0 aliphatic carbocycles. The summed E-state index contributed by atoms with van der Waals surface area (Å²) in [6.07, 6.45) is 4.20. The van der Waals surface area contributed by atoms with E-state index in [4.69, 9.17) is 11.5 Å². The van der Waals surface area contributed by atoms with Gasteiger partial charge in [0.05, 0.1) is 0 Å². The lowest BCUT2D eigenvalue weighted by atomic mass is 9.96. The topological polar surface area (TPSA) is 52.0 Å². The van der Waals surface area contributed by atoms with E-state index in [1.165, 1.54) is 0 Å². The average molecular weight is 219 g/mol. The van der Waals surface area contributed by atoms with E-state index in [9.17, 15) is 0 Å². The standard InChI is InChI=1S/C14H23N2/c1-3-6-13(15)11-8-5-9-12(10-11)14(16)7-4-2/h5,8-9,13-14H,3-4,6-7,15-16H2,1-2H3. The van der Waals surface area contributed by atoms with Gasteiger partial charge >= 0.3 is 0 Å². The second-order valence-electron chi connectivity index (χ2n) is 4.35. The molecule has 0 fully saturated rings. The summed E-state index contributed by atoms with van der Waals surface area (Å²) in [6.45, 7) is 4.29. The SMILES string of the molecule is CCCC(N)c1[c]c(C(N)CCC)ccc1. The van der Waals surface area contributed by atoms with Gasteiger partial charge in [0, 0.05) is 12.1 Å². The van der Waals surface area contributed by atoms with Crippen molar-refractivity contribution in [2.45, 2.75) is 51.6 Å². The fraction of sp³-hybridized carbons (Fsp3) is 0.571. The summed E-state index contributed by atoms with van der Waals surface area (Å²) in [5.74, 6) is 0. The Morgan fingerprint density at radius 3 is 1.81 bits per heavy atom. The van der Waals surface area contributed by atoms with Gasteiger partial charge in [-0.05, 0) is 30.0 Å². The van der Waals surface area contributed by atoms with Gasteiger partial charge in [-0.1, -0.05) is 44.9 Å². The fourth-order valence-corrected chi connectivity index (χ4v) is 1.87. The molecule has 0 aromatic heterocycles. The largest absolute Gasteiger partial charge is 0.324 e. The van der Waals surface area contributed by atoms with Crippen molar-refractivity contribution in [1.82, 2.24) is 0 Å². The molecule has 2 nitrogen and oxygen atoms in total. The molecule has 0 spiro atoms. The maximum Gasteiger partial charge on any atom is 0.0301 e. The molecule has 0 aliphatic heterocycles. The summed E-state index contributed by atoms with van der Waals surface area (Å²) in [4.78, 5) is 0. The molecule has 1 aromatic carbocycles. The molecule has 2 atom stereocenters. The van der Waals surface area contributed by atoms with Crippen LogP contribution in [-0.2, 0) is 0 Å². The van der Waals surface area contributed by atoms with Crippen LogP contribution < -0.4 is 11.5 Å². The Labute approximate surface area is 99.0 Å². The first kappa shape index (κ1) is 13.2. The van der Waals surface area contributed by atoms with Gasteiger partial charge in [0.25, 0.3) is 0 Å². The molecule has 16 heavy (non-hydrogen) atoms. The Kier molecular flexibility index (Phi) is 5.50. The predicted octanol–water partition coefficient (Wildman–Crippen LogP) is 3.09. The van der Waals surface area contributed by atoms with E-state index >= 15 is 0 Å². The monoisotopic (exact) mass is 219 g/mol. The Hall–Kier alpha value is -0.860. The van der Waals surface area contributed by atoms with Crippen LogP contribution in [0.15, 0.2) is 18.2 Å². The lowest BCUT2D eigenvalue weighted by Crippen LogP contribution is -2.13. The molecule has 1 aromatic rings. The molecule has 4 N–H and O–H groups in total. The molecule has 2 heteroatoms. The molecular formula is C14H23N2. The fourth-order valence-electron chi connectivity index (χ4n) is 1.87. The van der Waals surface area contributed by atoms with E-state index in [1.54, 1.807) is 0 Å². The van der Waals surface area contributed by atoms with E-state index in [0.29, 0.717) is 0 Å². The number of benzene rings is 1. The van der Waals surface area contributed by atoms with Crippen molar-refractivity contribution in [3.8, 4) is 0 Å². The molecular weight excluding hydrogens is 196 g/mol. The minimum absolute atomic E-state index is 0.0961. The summed E-state index contributed by atoms with van der Waals surface area (Å²) in [5, 5.41) is 0. The lowest BCUT2D eigenvalue weighted by Gasteiger charge is -2.15. The van der Waals surface area contributed by atoms with Gasteiger partial charge in [-0.25, -0.2) is 0 Å². The Morgan fingerprint density at radius 1 is 1.00 bits per heavy atom. The molecule has 89 valence electrons. The average Bonchev–Trinajstić information content (AvgIpc) is 2.30. The van der Waals surface area contributed by atoms with Crippen molar-refractivity contribution in [3.63, 3.8) is 0 Å². The van der Waals surface area contributed by atoms with Crippen LogP contribution in [-0.4, -0.2) is 0 Å². The third-order valence-corrected chi connectivity index (χ3v) is 2.84. The molecule has 0 amide bonds. The highest BCUT2D eigenvalue weighted by atomic mass is 14.6. The van der Waals surface area contributed by atoms with Crippen molar-refractivity contribution in [2.24, 2.45) is 11.5 Å². The smallest absolute Gasteiger partial charge is 0.0301 e. The van der Waals surface area contributed by atoms with Gasteiger partial charge in [0.1, 0.15) is 0 Å². The maximum absolute atomic E-state index is 6.08. The van der Waals surface area contributed by atoms with Gasteiger partial charge in [-0.2, -0.15) is 0 Å². The zero-order chi connectivity index (χ0) is 12.0. The van der Waals surface area contributed by atoms with Gasteiger partial charge in [0.15, 0.2) is 0 Å². The normalized spacial score (nSPS) is 14.8. The molecule has 1 rings (SSSR count). The van der Waals surface area contributed by atoms with Crippen LogP contribution in [0.1, 0.15) is 62.7 Å². The molecule has 0 heterocycles. The number of hydrogen-bond donors (Lipinski definition) is 2. The quantitative estimate of drug-likeness (QED) is 0.772. The number of rotatable bonds is 6. The van der Waals surface area contributed by atoms with Crippen LogP contribution in [0, 0.1) is 6.07 Å². The Morgan fingerprint density at radius 2 is 1.44 bits per heavy atom. The van der Waals surface area contributed by atoms with Crippen LogP contribution in [0.4, 0.5) is 0 Å². The zero-order valence-electron chi connectivity index (χ0n) is 10.4. The van der Waals surface area contributed by atoms with Crippen molar-refractivity contribution < 1.29 is 0 Å². The summed E-state index contributed by atoms with van der Waals surface area (Å²) < 4.78 is 0. The van der Waals surface area contributed by atoms with Crippen molar-refractivity contribution in [2.75, 3.05) is 0 Å². The van der Waals surface area contributed by atoms with Gasteiger partial charge in [-0.3, -0.25) is 0 Å². The minimum atomic E-state index is 0.0961. The lowest BCUT2D eigenvalue weighted by molar-refractivity contribution is 0.621. The molecule has 1 radical (unpaired) electrons. The highest BCUT2D eigenvalue weighted by Crippen LogP contribution is 2.21. The molecule has 2 unspecified atom stereocenters. The Balaban J connectivity index is 2.77. The first-order chi connectivity index (χ1) is 7.69. The minimum Gasteiger partial charge on any atom is -0.324 e. The van der Waals surface area contributed by atoms with E-state index in [1.807, 2.05) is 18.2 Å². The summed E-state index contributed by atoms with van der Waals surface area (Å²) in [6, 6.07) is 9.68. The molecule has 0 saturated carbocycles. The molecule has 0 aliphatic rings. The highest BCUT2D eigenvalue weighted by Gasteiger charge is 2.09. The van der Waals surface area contributed by atoms with E-state index < -0.39 is 0 Å². The van der Waals surface area contributed by atoms with Crippen LogP contribution >= 0.6 is 0 Å². The number of nitrogens with two attached hydrogens (primary N) is 2. The van der Waals surface area contributed by atoms with E-state index in [0.717, 1.165) is 36.8 Å². The van der Waals surface area contributed by atoms with Gasteiger partial charge in [-0.15, -0.1) is 0 Å². The third kappa shape index (κ3) is 3.62. The van der Waals surface area contributed by atoms with E-state index in [2.05, 4.69) is 19.9 Å². The van der Waals surface area contributed by atoms with Crippen LogP contribution in [0.25, 0.3) is 0 Å². The van der Waals surface area contributed by atoms with Crippen molar-refractivity contribution in [1.29, 1.82) is 0 Å². The molecule has 0 saturated heterocycles. The second-order valence-corrected chi connectivity index (χ2v) is 4.35. The number of hydrogen-bond acceptors (Lipinski definition) is 2. The van der Waals surface area contributed by atoms with Crippen LogP contribution in [0.3, 0.4) is 0 Å².